The van der Waals surface area contributed by atoms with Crippen molar-refractivity contribution in [2.75, 3.05) is 5.32 Å². The third-order valence-electron chi connectivity index (χ3n) is 5.28. The van der Waals surface area contributed by atoms with Crippen LogP contribution in [-0.2, 0) is 6.54 Å². The van der Waals surface area contributed by atoms with Crippen LogP contribution in [0.4, 0.5) is 10.1 Å². The molecule has 0 aliphatic rings. The second-order valence-electron chi connectivity index (χ2n) is 8.12. The Balaban J connectivity index is 1.68. The summed E-state index contributed by atoms with van der Waals surface area (Å²) in [7, 11) is 0. The van der Waals surface area contributed by atoms with Gasteiger partial charge in [0.1, 0.15) is 11.5 Å². The van der Waals surface area contributed by atoms with Crippen LogP contribution in [0.1, 0.15) is 57.4 Å². The van der Waals surface area contributed by atoms with Crippen molar-refractivity contribution in [2.45, 2.75) is 26.3 Å². The quantitative estimate of drug-likeness (QED) is 0.454. The molecule has 2 aromatic heterocycles. The highest BCUT2D eigenvalue weighted by atomic mass is 19.1. The molecule has 34 heavy (non-hydrogen) atoms. The number of hydrogen-bond acceptors (Lipinski definition) is 5. The van der Waals surface area contributed by atoms with Crippen molar-refractivity contribution in [3.8, 4) is 6.07 Å². The molecule has 0 aliphatic carbocycles. The van der Waals surface area contributed by atoms with E-state index in [0.29, 0.717) is 28.9 Å². The first kappa shape index (κ1) is 22.6. The predicted octanol–water partition coefficient (Wildman–Crippen LogP) is 3.96. The van der Waals surface area contributed by atoms with Gasteiger partial charge in [0.05, 0.1) is 40.6 Å². The minimum atomic E-state index is -0.821. The van der Waals surface area contributed by atoms with Crippen LogP contribution < -0.4 is 11.1 Å². The average molecular weight is 456 g/mol. The lowest BCUT2D eigenvalue weighted by atomic mass is 10.1. The Kier molecular flexibility index (Phi) is 6.06. The van der Waals surface area contributed by atoms with E-state index in [0.717, 1.165) is 11.6 Å². The maximum absolute atomic E-state index is 13.7. The number of benzene rings is 2. The molecule has 8 nitrogen and oxygen atoms in total. The predicted molar refractivity (Wildman–Crippen MR) is 125 cm³/mol. The maximum atomic E-state index is 13.7. The molecule has 0 saturated carbocycles. The summed E-state index contributed by atoms with van der Waals surface area (Å²) in [6, 6.07) is 14.4. The second-order valence-corrected chi connectivity index (χ2v) is 8.12. The summed E-state index contributed by atoms with van der Waals surface area (Å²) in [6.45, 7) is 4.37. The van der Waals surface area contributed by atoms with E-state index in [4.69, 9.17) is 11.0 Å². The van der Waals surface area contributed by atoms with Crippen LogP contribution in [0.3, 0.4) is 0 Å². The molecule has 9 heteroatoms. The molecule has 0 radical (unpaired) electrons. The third-order valence-corrected chi connectivity index (χ3v) is 5.28. The number of amides is 2. The molecule has 4 rings (SSSR count). The molecule has 2 aromatic carbocycles. The van der Waals surface area contributed by atoms with Crippen molar-refractivity contribution < 1.29 is 14.0 Å². The van der Waals surface area contributed by atoms with Crippen molar-refractivity contribution in [3.05, 3.63) is 88.6 Å². The monoisotopic (exact) mass is 456 g/mol. The van der Waals surface area contributed by atoms with Gasteiger partial charge in [-0.05, 0) is 41.8 Å². The Bertz CT molecular complexity index is 1450. The highest BCUT2D eigenvalue weighted by molar-refractivity contribution is 6.13. The number of carbonyl (C=O) groups is 2. The molecule has 170 valence electrons. The lowest BCUT2D eigenvalue weighted by Crippen LogP contribution is -2.18. The minimum Gasteiger partial charge on any atom is -0.364 e. The van der Waals surface area contributed by atoms with Crippen LogP contribution in [0, 0.1) is 17.1 Å². The summed E-state index contributed by atoms with van der Waals surface area (Å²) in [4.78, 5) is 29.0. The van der Waals surface area contributed by atoms with E-state index in [-0.39, 0.29) is 22.7 Å². The van der Waals surface area contributed by atoms with Crippen molar-refractivity contribution in [1.29, 1.82) is 5.26 Å². The number of nitrogens with zero attached hydrogens (tertiary/aromatic N) is 4. The van der Waals surface area contributed by atoms with Gasteiger partial charge in [-0.2, -0.15) is 10.4 Å². The molecule has 0 atom stereocenters. The number of carbonyl (C=O) groups excluding carboxylic acids is 2. The zero-order valence-corrected chi connectivity index (χ0v) is 18.5. The topological polar surface area (TPSA) is 127 Å². The highest BCUT2D eigenvalue weighted by Gasteiger charge is 2.20. The standard InChI is InChI=1S/C25H21FN6O2/c1-14(2)23-22(13-32(31-23)12-16-5-3-15(11-27)4-6-16)30-25(34)19-10-21(24(28)33)29-20-9-17(26)7-8-18(19)20/h3-10,13-14H,12H2,1-2H3,(H2,28,33)(H,30,34). The van der Waals surface area contributed by atoms with Gasteiger partial charge in [-0.1, -0.05) is 26.0 Å². The van der Waals surface area contributed by atoms with Crippen LogP contribution in [0.5, 0.6) is 0 Å². The second kappa shape index (κ2) is 9.11. The first-order valence-corrected chi connectivity index (χ1v) is 10.5. The number of aromatic nitrogens is 3. The van der Waals surface area contributed by atoms with Crippen molar-refractivity contribution >= 4 is 28.4 Å². The van der Waals surface area contributed by atoms with Crippen molar-refractivity contribution in [3.63, 3.8) is 0 Å². The summed E-state index contributed by atoms with van der Waals surface area (Å²) >= 11 is 0. The number of nitriles is 1. The van der Waals surface area contributed by atoms with E-state index in [1.807, 2.05) is 26.0 Å². The van der Waals surface area contributed by atoms with E-state index >= 15 is 0 Å². The van der Waals surface area contributed by atoms with Crippen LogP contribution in [-0.4, -0.2) is 26.6 Å². The molecule has 0 fully saturated rings. The zero-order valence-electron chi connectivity index (χ0n) is 18.5. The number of halogens is 1. The number of nitrogens with one attached hydrogen (secondary N) is 1. The van der Waals surface area contributed by atoms with E-state index in [2.05, 4.69) is 21.5 Å². The van der Waals surface area contributed by atoms with Crippen LogP contribution >= 0.6 is 0 Å². The number of anilines is 1. The Hall–Kier alpha value is -4.58. The molecule has 0 saturated heterocycles. The lowest BCUT2D eigenvalue weighted by molar-refractivity contribution is 0.0996. The van der Waals surface area contributed by atoms with Gasteiger partial charge in [0.2, 0.25) is 0 Å². The van der Waals surface area contributed by atoms with Gasteiger partial charge in [0.25, 0.3) is 11.8 Å². The number of nitrogens with two attached hydrogens (primary N) is 1. The number of hydrogen-bond donors (Lipinski definition) is 2. The van der Waals surface area contributed by atoms with Crippen LogP contribution in [0.2, 0.25) is 0 Å². The SMILES string of the molecule is CC(C)c1nn(Cc2ccc(C#N)cc2)cc1NC(=O)c1cc(C(N)=O)nc2cc(F)ccc12. The van der Waals surface area contributed by atoms with E-state index < -0.39 is 17.6 Å². The molecule has 4 aromatic rings. The Morgan fingerprint density at radius 3 is 2.56 bits per heavy atom. The molecule has 2 heterocycles. The zero-order chi connectivity index (χ0) is 24.4. The Morgan fingerprint density at radius 2 is 1.91 bits per heavy atom. The van der Waals surface area contributed by atoms with Crippen molar-refractivity contribution in [2.24, 2.45) is 5.73 Å². The normalized spacial score (nSPS) is 10.9. The average Bonchev–Trinajstić information content (AvgIpc) is 3.20. The summed E-state index contributed by atoms with van der Waals surface area (Å²) in [6.07, 6.45) is 1.73. The van der Waals surface area contributed by atoms with Gasteiger partial charge >= 0.3 is 0 Å². The summed E-state index contributed by atoms with van der Waals surface area (Å²) in [5, 5.41) is 16.8. The van der Waals surface area contributed by atoms with Gasteiger partial charge in [-0.3, -0.25) is 14.3 Å². The van der Waals surface area contributed by atoms with Gasteiger partial charge in [0.15, 0.2) is 0 Å². The molecular formula is C25H21FN6O2. The smallest absolute Gasteiger partial charge is 0.267 e. The van der Waals surface area contributed by atoms with E-state index in [1.165, 1.54) is 18.2 Å². The van der Waals surface area contributed by atoms with Gasteiger partial charge in [0, 0.05) is 17.6 Å². The van der Waals surface area contributed by atoms with Gasteiger partial charge in [-0.15, -0.1) is 0 Å². The maximum Gasteiger partial charge on any atom is 0.267 e. The highest BCUT2D eigenvalue weighted by Crippen LogP contribution is 2.26. The first-order valence-electron chi connectivity index (χ1n) is 10.5. The van der Waals surface area contributed by atoms with E-state index in [1.54, 1.807) is 23.0 Å². The van der Waals surface area contributed by atoms with Crippen LogP contribution in [0.25, 0.3) is 10.9 Å². The number of primary amides is 1. The fraction of sp³-hybridized carbons (Fsp3) is 0.160. The van der Waals surface area contributed by atoms with Gasteiger partial charge in [-0.25, -0.2) is 9.37 Å². The Morgan fingerprint density at radius 1 is 1.18 bits per heavy atom. The largest absolute Gasteiger partial charge is 0.364 e. The fourth-order valence-electron chi connectivity index (χ4n) is 3.62. The van der Waals surface area contributed by atoms with Crippen LogP contribution in [0.15, 0.2) is 54.7 Å². The number of fused-ring (bicyclic) bond motifs is 1. The molecule has 0 aliphatic heterocycles. The molecule has 2 amide bonds. The van der Waals surface area contributed by atoms with Crippen molar-refractivity contribution in [1.82, 2.24) is 14.8 Å². The summed E-state index contributed by atoms with van der Waals surface area (Å²) in [5.74, 6) is -1.85. The molecule has 3 N–H and O–H groups in total. The molecule has 0 unspecified atom stereocenters. The lowest BCUT2D eigenvalue weighted by Gasteiger charge is -2.10. The molecular weight excluding hydrogens is 435 g/mol. The van der Waals surface area contributed by atoms with Gasteiger partial charge < -0.3 is 11.1 Å². The number of rotatable bonds is 6. The third kappa shape index (κ3) is 4.61. The minimum absolute atomic E-state index is 0.0157. The number of pyridine rings is 1. The first-order chi connectivity index (χ1) is 16.2. The fourth-order valence-corrected chi connectivity index (χ4v) is 3.62. The Labute approximate surface area is 194 Å². The molecule has 0 bridgehead atoms. The summed E-state index contributed by atoms with van der Waals surface area (Å²) < 4.78 is 15.4. The summed E-state index contributed by atoms with van der Waals surface area (Å²) in [5.41, 5.74) is 8.24. The molecule has 0 spiro atoms. The van der Waals surface area contributed by atoms with E-state index in [9.17, 15) is 14.0 Å².